The van der Waals surface area contributed by atoms with Crippen LogP contribution in [0.25, 0.3) is 11.3 Å². The van der Waals surface area contributed by atoms with Gasteiger partial charge in [-0.1, -0.05) is 12.1 Å². The van der Waals surface area contributed by atoms with E-state index < -0.39 is 6.04 Å². The Morgan fingerprint density at radius 3 is 2.67 bits per heavy atom. The molecule has 114 valence electrons. The Balaban J connectivity index is 0.00000220. The summed E-state index contributed by atoms with van der Waals surface area (Å²) in [5.74, 6) is 0.737. The maximum Gasteiger partial charge on any atom is 0.241 e. The fourth-order valence-corrected chi connectivity index (χ4v) is 2.25. The number of thioether (sulfide) groups is 1. The monoisotopic (exact) mass is 326 g/mol. The predicted molar refractivity (Wildman–Crippen MR) is 90.9 cm³/mol. The molecule has 0 saturated heterocycles. The lowest BCUT2D eigenvalue weighted by atomic mass is 10.1. The van der Waals surface area contributed by atoms with Crippen molar-refractivity contribution in [2.45, 2.75) is 12.5 Å². The summed E-state index contributed by atoms with van der Waals surface area (Å²) < 4.78 is 0. The van der Waals surface area contributed by atoms with E-state index in [-0.39, 0.29) is 18.3 Å². The quantitative estimate of drug-likeness (QED) is 0.761. The third-order valence-electron chi connectivity index (χ3n) is 2.93. The average molecular weight is 327 g/mol. The minimum Gasteiger partial charge on any atom is -0.325 e. The summed E-state index contributed by atoms with van der Waals surface area (Å²) in [5, 5.41) is 9.63. The number of nitrogens with one attached hydrogen (secondary N) is 2. The summed E-state index contributed by atoms with van der Waals surface area (Å²) >= 11 is 1.68. The molecule has 1 aromatic heterocycles. The van der Waals surface area contributed by atoms with Gasteiger partial charge in [-0.3, -0.25) is 9.89 Å². The molecule has 1 heterocycles. The smallest absolute Gasteiger partial charge is 0.241 e. The number of hydrogen-bond donors (Lipinski definition) is 3. The predicted octanol–water partition coefficient (Wildman–Crippen LogP) is 2.52. The van der Waals surface area contributed by atoms with Crippen molar-refractivity contribution in [2.24, 2.45) is 5.73 Å². The van der Waals surface area contributed by atoms with E-state index in [0.29, 0.717) is 6.42 Å². The molecule has 0 aliphatic rings. The fraction of sp³-hybridized carbons (Fsp3) is 0.286. The Labute approximate surface area is 134 Å². The van der Waals surface area contributed by atoms with E-state index in [1.807, 2.05) is 36.6 Å². The second kappa shape index (κ2) is 8.71. The van der Waals surface area contributed by atoms with Crippen LogP contribution in [-0.4, -0.2) is 34.2 Å². The van der Waals surface area contributed by atoms with Crippen molar-refractivity contribution in [1.82, 2.24) is 10.2 Å². The molecule has 5 nitrogen and oxygen atoms in total. The van der Waals surface area contributed by atoms with Gasteiger partial charge in [0.2, 0.25) is 5.91 Å². The third kappa shape index (κ3) is 5.08. The van der Waals surface area contributed by atoms with E-state index in [1.54, 1.807) is 18.0 Å². The van der Waals surface area contributed by atoms with E-state index in [9.17, 15) is 4.79 Å². The molecule has 0 spiro atoms. The van der Waals surface area contributed by atoms with Crippen LogP contribution in [-0.2, 0) is 4.79 Å². The van der Waals surface area contributed by atoms with Crippen LogP contribution in [0.15, 0.2) is 36.5 Å². The van der Waals surface area contributed by atoms with Crippen LogP contribution in [0.5, 0.6) is 0 Å². The van der Waals surface area contributed by atoms with Gasteiger partial charge in [-0.05, 0) is 42.2 Å². The van der Waals surface area contributed by atoms with Gasteiger partial charge in [-0.2, -0.15) is 16.9 Å². The summed E-state index contributed by atoms with van der Waals surface area (Å²) in [6, 6.07) is 9.00. The molecule has 21 heavy (non-hydrogen) atoms. The van der Waals surface area contributed by atoms with Gasteiger partial charge in [-0.15, -0.1) is 12.4 Å². The highest BCUT2D eigenvalue weighted by atomic mass is 35.5. The number of rotatable bonds is 6. The fourth-order valence-electron chi connectivity index (χ4n) is 1.76. The number of aromatic amines is 1. The standard InChI is InChI=1S/C14H18N4OS.ClH/c1-20-9-7-12(15)14(19)17-11-4-2-10(3-5-11)13-6-8-16-18-13;/h2-6,8,12H,7,9,15H2,1H3,(H,16,18)(H,17,19);1H/t12-;/m0./s1. The summed E-state index contributed by atoms with van der Waals surface area (Å²) in [7, 11) is 0. The van der Waals surface area contributed by atoms with Crippen molar-refractivity contribution >= 4 is 35.8 Å². The number of amides is 1. The number of nitrogens with two attached hydrogens (primary N) is 1. The van der Waals surface area contributed by atoms with E-state index in [4.69, 9.17) is 5.73 Å². The molecule has 0 radical (unpaired) electrons. The molecule has 0 aliphatic carbocycles. The van der Waals surface area contributed by atoms with Crippen LogP contribution in [0.3, 0.4) is 0 Å². The van der Waals surface area contributed by atoms with E-state index in [2.05, 4.69) is 15.5 Å². The topological polar surface area (TPSA) is 83.8 Å². The molecule has 1 aromatic carbocycles. The lowest BCUT2D eigenvalue weighted by Crippen LogP contribution is -2.36. The highest BCUT2D eigenvalue weighted by Gasteiger charge is 2.12. The van der Waals surface area contributed by atoms with Crippen molar-refractivity contribution in [3.63, 3.8) is 0 Å². The minimum absolute atomic E-state index is 0. The van der Waals surface area contributed by atoms with Crippen LogP contribution in [0.2, 0.25) is 0 Å². The molecule has 1 atom stereocenters. The van der Waals surface area contributed by atoms with Crippen molar-refractivity contribution in [3.8, 4) is 11.3 Å². The number of halogens is 1. The number of benzene rings is 1. The second-order valence-corrected chi connectivity index (χ2v) is 5.41. The minimum atomic E-state index is -0.463. The van der Waals surface area contributed by atoms with Gasteiger partial charge in [0.15, 0.2) is 0 Å². The lowest BCUT2D eigenvalue weighted by molar-refractivity contribution is -0.117. The largest absolute Gasteiger partial charge is 0.325 e. The molecule has 0 fully saturated rings. The zero-order valence-electron chi connectivity index (χ0n) is 11.7. The van der Waals surface area contributed by atoms with Gasteiger partial charge < -0.3 is 11.1 Å². The normalized spacial score (nSPS) is 11.5. The number of H-pyrrole nitrogens is 1. The summed E-state index contributed by atoms with van der Waals surface area (Å²) in [4.78, 5) is 11.9. The first-order valence-electron chi connectivity index (χ1n) is 6.36. The molecular weight excluding hydrogens is 308 g/mol. The Kier molecular flexibility index (Phi) is 7.28. The van der Waals surface area contributed by atoms with Gasteiger partial charge in [0, 0.05) is 11.9 Å². The van der Waals surface area contributed by atoms with Crippen LogP contribution in [0.4, 0.5) is 5.69 Å². The Hall–Kier alpha value is -1.50. The summed E-state index contributed by atoms with van der Waals surface area (Å²) in [5.41, 5.74) is 8.53. The summed E-state index contributed by atoms with van der Waals surface area (Å²) in [6.07, 6.45) is 4.38. The third-order valence-corrected chi connectivity index (χ3v) is 3.58. The molecule has 2 rings (SSSR count). The maximum atomic E-state index is 11.9. The van der Waals surface area contributed by atoms with E-state index in [1.165, 1.54) is 0 Å². The number of anilines is 1. The van der Waals surface area contributed by atoms with E-state index >= 15 is 0 Å². The first kappa shape index (κ1) is 17.6. The molecular formula is C14H19ClN4OS. The van der Waals surface area contributed by atoms with Gasteiger partial charge in [0.05, 0.1) is 11.7 Å². The number of carbonyl (C=O) groups excluding carboxylic acids is 1. The van der Waals surface area contributed by atoms with Crippen molar-refractivity contribution in [1.29, 1.82) is 0 Å². The van der Waals surface area contributed by atoms with Crippen molar-refractivity contribution in [2.75, 3.05) is 17.3 Å². The first-order valence-corrected chi connectivity index (χ1v) is 7.75. The number of carbonyl (C=O) groups is 1. The SMILES string of the molecule is CSCC[C@H](N)C(=O)Nc1ccc(-c2ccn[nH]2)cc1.Cl. The zero-order chi connectivity index (χ0) is 14.4. The Morgan fingerprint density at radius 2 is 2.10 bits per heavy atom. The molecule has 0 aliphatic heterocycles. The van der Waals surface area contributed by atoms with Crippen LogP contribution in [0.1, 0.15) is 6.42 Å². The molecule has 0 bridgehead atoms. The molecule has 1 amide bonds. The van der Waals surface area contributed by atoms with Crippen LogP contribution >= 0.6 is 24.2 Å². The van der Waals surface area contributed by atoms with Crippen molar-refractivity contribution < 1.29 is 4.79 Å². The number of nitrogens with zero attached hydrogens (tertiary/aromatic N) is 1. The van der Waals surface area contributed by atoms with Gasteiger partial charge in [0.1, 0.15) is 0 Å². The Bertz CT molecular complexity index is 545. The van der Waals surface area contributed by atoms with Crippen LogP contribution < -0.4 is 11.1 Å². The second-order valence-electron chi connectivity index (χ2n) is 4.42. The number of aromatic nitrogens is 2. The molecule has 4 N–H and O–H groups in total. The van der Waals surface area contributed by atoms with Crippen molar-refractivity contribution in [3.05, 3.63) is 36.5 Å². The lowest BCUT2D eigenvalue weighted by Gasteiger charge is -2.11. The molecule has 0 saturated carbocycles. The molecule has 2 aromatic rings. The van der Waals surface area contributed by atoms with Gasteiger partial charge in [0.25, 0.3) is 0 Å². The Morgan fingerprint density at radius 1 is 1.38 bits per heavy atom. The van der Waals surface area contributed by atoms with Crippen LogP contribution in [0, 0.1) is 0 Å². The highest BCUT2D eigenvalue weighted by Crippen LogP contribution is 2.19. The van der Waals surface area contributed by atoms with E-state index in [0.717, 1.165) is 22.7 Å². The van der Waals surface area contributed by atoms with Gasteiger partial charge >= 0.3 is 0 Å². The maximum absolute atomic E-state index is 11.9. The van der Waals surface area contributed by atoms with Gasteiger partial charge in [-0.25, -0.2) is 0 Å². The highest BCUT2D eigenvalue weighted by molar-refractivity contribution is 7.98. The first-order chi connectivity index (χ1) is 9.70. The number of hydrogen-bond acceptors (Lipinski definition) is 4. The molecule has 0 unspecified atom stereocenters. The zero-order valence-corrected chi connectivity index (χ0v) is 13.3. The molecule has 7 heteroatoms. The average Bonchev–Trinajstić information content (AvgIpc) is 2.99. The summed E-state index contributed by atoms with van der Waals surface area (Å²) in [6.45, 7) is 0.